The highest BCUT2D eigenvalue weighted by molar-refractivity contribution is 6.33. The molecule has 1 aliphatic carbocycles. The van der Waals surface area contributed by atoms with Crippen molar-refractivity contribution < 1.29 is 14.6 Å². The number of ether oxygens (including phenoxy) is 1. The van der Waals surface area contributed by atoms with Crippen LogP contribution in [0.2, 0.25) is 0 Å². The van der Waals surface area contributed by atoms with Gasteiger partial charge in [-0.15, -0.1) is 0 Å². The summed E-state index contributed by atoms with van der Waals surface area (Å²) in [5.74, 6) is 0.735. The highest BCUT2D eigenvalue weighted by Crippen LogP contribution is 2.57. The summed E-state index contributed by atoms with van der Waals surface area (Å²) in [6.07, 6.45) is 1.49. The van der Waals surface area contributed by atoms with Gasteiger partial charge in [-0.1, -0.05) is 11.5 Å². The molecule has 3 nitrogen and oxygen atoms in total. The molecular weight excluding hydrogens is 203 g/mol. The molecule has 82 valence electrons. The van der Waals surface area contributed by atoms with Crippen LogP contribution in [0.25, 0.3) is 0 Å². The number of aldehydes is 1. The molecule has 2 rings (SSSR count). The highest BCUT2D eigenvalue weighted by atomic mass is 16.5. The lowest BCUT2D eigenvalue weighted by Crippen LogP contribution is -2.16. The van der Waals surface area contributed by atoms with E-state index in [2.05, 4.69) is 0 Å². The fraction of sp³-hybridized carbons (Fsp3) is 0.417. The second-order valence-electron chi connectivity index (χ2n) is 4.26. The van der Waals surface area contributed by atoms with Gasteiger partial charge in [0.05, 0.1) is 19.1 Å². The van der Waals surface area contributed by atoms with Crippen molar-refractivity contribution in [2.45, 2.75) is 12.3 Å². The Hall–Kier alpha value is -1.29. The first-order valence-electron chi connectivity index (χ1n) is 5.17. The van der Waals surface area contributed by atoms with Gasteiger partial charge in [0.2, 0.25) is 0 Å². The Balaban J connectivity index is 2.32. The van der Waals surface area contributed by atoms with E-state index in [4.69, 9.17) is 12.6 Å². The van der Waals surface area contributed by atoms with Crippen LogP contribution in [0.5, 0.6) is 5.75 Å². The van der Waals surface area contributed by atoms with Crippen LogP contribution in [-0.2, 0) is 4.79 Å². The van der Waals surface area contributed by atoms with E-state index in [1.54, 1.807) is 19.2 Å². The largest absolute Gasteiger partial charge is 0.497 e. The third-order valence-corrected chi connectivity index (χ3v) is 3.32. The zero-order chi connectivity index (χ0) is 11.8. The number of aliphatic hydroxyl groups excluding tert-OH is 1. The summed E-state index contributed by atoms with van der Waals surface area (Å²) in [5.41, 5.74) is 0.906. The number of rotatable bonds is 4. The Morgan fingerprint density at radius 2 is 2.44 bits per heavy atom. The molecule has 2 unspecified atom stereocenters. The SMILES string of the molecule is [B]c1ccc(OC)cc1C1CC1(C=O)CO. The smallest absolute Gasteiger partial charge is 0.129 e. The van der Waals surface area contributed by atoms with Crippen molar-refractivity contribution in [3.63, 3.8) is 0 Å². The fourth-order valence-electron chi connectivity index (χ4n) is 2.06. The molecule has 0 bridgehead atoms. The predicted octanol–water partition coefficient (Wildman–Crippen LogP) is 0.154. The van der Waals surface area contributed by atoms with Crippen LogP contribution >= 0.6 is 0 Å². The lowest BCUT2D eigenvalue weighted by Gasteiger charge is -2.10. The summed E-state index contributed by atoms with van der Waals surface area (Å²) in [7, 11) is 7.45. The molecule has 1 fully saturated rings. The molecular formula is C12H13BO3. The molecule has 0 amide bonds. The van der Waals surface area contributed by atoms with Gasteiger partial charge in [-0.25, -0.2) is 0 Å². The van der Waals surface area contributed by atoms with E-state index in [-0.39, 0.29) is 12.5 Å². The van der Waals surface area contributed by atoms with Gasteiger partial charge in [0.1, 0.15) is 19.9 Å². The first-order chi connectivity index (χ1) is 7.66. The van der Waals surface area contributed by atoms with Crippen molar-refractivity contribution in [3.8, 4) is 5.75 Å². The van der Waals surface area contributed by atoms with Gasteiger partial charge in [-0.05, 0) is 30.0 Å². The van der Waals surface area contributed by atoms with Crippen LogP contribution in [0.4, 0.5) is 0 Å². The average molecular weight is 216 g/mol. The van der Waals surface area contributed by atoms with E-state index in [1.165, 1.54) is 0 Å². The molecule has 0 aromatic heterocycles. The van der Waals surface area contributed by atoms with Crippen LogP contribution < -0.4 is 10.2 Å². The average Bonchev–Trinajstić information content (AvgIpc) is 3.05. The number of benzene rings is 1. The van der Waals surface area contributed by atoms with E-state index in [0.29, 0.717) is 17.6 Å². The number of hydrogen-bond donors (Lipinski definition) is 1. The Kier molecular flexibility index (Phi) is 2.76. The Morgan fingerprint density at radius 1 is 1.69 bits per heavy atom. The van der Waals surface area contributed by atoms with Crippen molar-refractivity contribution in [3.05, 3.63) is 23.8 Å². The van der Waals surface area contributed by atoms with E-state index >= 15 is 0 Å². The van der Waals surface area contributed by atoms with Crippen LogP contribution in [-0.4, -0.2) is 33.0 Å². The van der Waals surface area contributed by atoms with Crippen molar-refractivity contribution in [2.75, 3.05) is 13.7 Å². The molecule has 4 heteroatoms. The Morgan fingerprint density at radius 3 is 2.94 bits per heavy atom. The fourth-order valence-corrected chi connectivity index (χ4v) is 2.06. The van der Waals surface area contributed by atoms with Crippen molar-refractivity contribution in [1.82, 2.24) is 0 Å². The minimum Gasteiger partial charge on any atom is -0.497 e. The minimum absolute atomic E-state index is 0.0186. The predicted molar refractivity (Wildman–Crippen MR) is 61.3 cm³/mol. The van der Waals surface area contributed by atoms with Gasteiger partial charge in [0, 0.05) is 0 Å². The summed E-state index contributed by atoms with van der Waals surface area (Å²) in [5, 5.41) is 9.20. The second kappa shape index (κ2) is 3.94. The first kappa shape index (κ1) is 11.2. The zero-order valence-corrected chi connectivity index (χ0v) is 9.14. The Bertz CT molecular complexity index is 419. The maximum Gasteiger partial charge on any atom is 0.129 e. The molecule has 1 saturated carbocycles. The van der Waals surface area contributed by atoms with Gasteiger partial charge >= 0.3 is 0 Å². The van der Waals surface area contributed by atoms with Gasteiger partial charge in [-0.3, -0.25) is 0 Å². The lowest BCUT2D eigenvalue weighted by molar-refractivity contribution is -0.113. The highest BCUT2D eigenvalue weighted by Gasteiger charge is 2.55. The summed E-state index contributed by atoms with van der Waals surface area (Å²) in [4.78, 5) is 10.9. The molecule has 1 aliphatic rings. The van der Waals surface area contributed by atoms with Crippen LogP contribution in [0.15, 0.2) is 18.2 Å². The van der Waals surface area contributed by atoms with Gasteiger partial charge in [-0.2, -0.15) is 0 Å². The van der Waals surface area contributed by atoms with Crippen LogP contribution in [0.1, 0.15) is 17.9 Å². The monoisotopic (exact) mass is 216 g/mol. The molecule has 0 aliphatic heterocycles. The third kappa shape index (κ3) is 1.63. The van der Waals surface area contributed by atoms with Gasteiger partial charge in [0.25, 0.3) is 0 Å². The molecule has 0 saturated heterocycles. The summed E-state index contributed by atoms with van der Waals surface area (Å²) in [6.45, 7) is -0.127. The van der Waals surface area contributed by atoms with Crippen molar-refractivity contribution in [1.29, 1.82) is 0 Å². The minimum atomic E-state index is -0.625. The van der Waals surface area contributed by atoms with Crippen LogP contribution in [0.3, 0.4) is 0 Å². The van der Waals surface area contributed by atoms with E-state index in [0.717, 1.165) is 11.8 Å². The zero-order valence-electron chi connectivity index (χ0n) is 9.14. The molecule has 1 N–H and O–H groups in total. The molecule has 1 aromatic carbocycles. The number of carbonyl (C=O) groups excluding carboxylic acids is 1. The summed E-state index contributed by atoms with van der Waals surface area (Å²) >= 11 is 0. The number of aliphatic hydroxyl groups is 1. The molecule has 16 heavy (non-hydrogen) atoms. The third-order valence-electron chi connectivity index (χ3n) is 3.32. The maximum absolute atomic E-state index is 10.9. The van der Waals surface area contributed by atoms with Crippen LogP contribution in [0, 0.1) is 5.41 Å². The molecule has 2 radical (unpaired) electrons. The Labute approximate surface area is 95.8 Å². The normalized spacial score (nSPS) is 27.5. The summed E-state index contributed by atoms with van der Waals surface area (Å²) < 4.78 is 5.12. The first-order valence-corrected chi connectivity index (χ1v) is 5.17. The van der Waals surface area contributed by atoms with Crippen molar-refractivity contribution >= 4 is 19.6 Å². The quantitative estimate of drug-likeness (QED) is 0.575. The molecule has 0 spiro atoms. The summed E-state index contributed by atoms with van der Waals surface area (Å²) in [6, 6.07) is 5.38. The van der Waals surface area contributed by atoms with Gasteiger partial charge in [0.15, 0.2) is 0 Å². The lowest BCUT2D eigenvalue weighted by atomic mass is 9.86. The van der Waals surface area contributed by atoms with Gasteiger partial charge < -0.3 is 14.6 Å². The number of carbonyl (C=O) groups is 1. The van der Waals surface area contributed by atoms with E-state index < -0.39 is 5.41 Å². The van der Waals surface area contributed by atoms with E-state index in [9.17, 15) is 9.90 Å². The second-order valence-corrected chi connectivity index (χ2v) is 4.26. The topological polar surface area (TPSA) is 46.5 Å². The van der Waals surface area contributed by atoms with Crippen molar-refractivity contribution in [2.24, 2.45) is 5.41 Å². The molecule has 0 heterocycles. The molecule has 1 aromatic rings. The maximum atomic E-state index is 10.9. The standard InChI is InChI=1S/C12H13BO3/c1-16-8-2-3-11(13)9(4-8)10-5-12(10,6-14)7-15/h2-4,6,10,15H,5,7H2,1H3. The molecule has 2 atom stereocenters. The van der Waals surface area contributed by atoms with E-state index in [1.807, 2.05) is 6.07 Å². The number of methoxy groups -OCH3 is 1. The number of hydrogen-bond acceptors (Lipinski definition) is 3.